The van der Waals surface area contributed by atoms with Gasteiger partial charge in [0.15, 0.2) is 0 Å². The van der Waals surface area contributed by atoms with Crippen molar-refractivity contribution in [3.05, 3.63) is 38.2 Å². The maximum atomic E-state index is 4.89. The summed E-state index contributed by atoms with van der Waals surface area (Å²) in [5.41, 5.74) is 0. The first-order valence-corrected chi connectivity index (χ1v) is 2.56. The molecule has 0 aliphatic rings. The third-order valence-corrected chi connectivity index (χ3v) is 0.247. The molecule has 0 atom stereocenters. The van der Waals surface area contributed by atoms with Crippen LogP contribution in [0.1, 0.15) is 13.8 Å². The van der Waals surface area contributed by atoms with E-state index in [2.05, 4.69) is 6.92 Å². The number of allylic oxidation sites excluding steroid dienone is 3. The van der Waals surface area contributed by atoms with Crippen LogP contribution >= 0.6 is 0 Å². The molecule has 0 radical (unpaired) electrons. The Morgan fingerprint density at radius 1 is 1.44 bits per heavy atom. The topological polar surface area (TPSA) is 0 Å². The second kappa shape index (κ2) is 23.7. The third-order valence-electron chi connectivity index (χ3n) is 0.247. The number of hydrogen-bond donors (Lipinski definition) is 0. The van der Waals surface area contributed by atoms with Crippen molar-refractivity contribution in [1.29, 1.82) is 0 Å². The van der Waals surface area contributed by atoms with Gasteiger partial charge in [0.25, 0.3) is 0 Å². The van der Waals surface area contributed by atoms with Crippen LogP contribution in [0.2, 0.25) is 0 Å². The van der Waals surface area contributed by atoms with Crippen molar-refractivity contribution in [2.75, 3.05) is 0 Å². The minimum absolute atomic E-state index is 0. The van der Waals surface area contributed by atoms with Crippen LogP contribution < -0.4 is 0 Å². The van der Waals surface area contributed by atoms with E-state index in [1.807, 2.05) is 20.3 Å². The molecule has 0 bridgehead atoms. The molecule has 0 aromatic rings. The van der Waals surface area contributed by atoms with Gasteiger partial charge in [0.1, 0.15) is 0 Å². The summed E-state index contributed by atoms with van der Waals surface area (Å²) in [6.07, 6.45) is 6.73. The molecule has 0 nitrogen and oxygen atoms in total. The molecule has 0 fully saturated rings. The molecule has 0 aliphatic carbocycles. The van der Waals surface area contributed by atoms with Gasteiger partial charge in [-0.3, -0.25) is 6.58 Å². The molecule has 0 aliphatic heterocycles. The summed E-state index contributed by atoms with van der Waals surface area (Å²) < 4.78 is 0. The van der Waals surface area contributed by atoms with Gasteiger partial charge in [-0.15, -0.1) is 0 Å². The Labute approximate surface area is 84.3 Å². The quantitative estimate of drug-likeness (QED) is 0.448. The molecule has 0 heterocycles. The summed E-state index contributed by atoms with van der Waals surface area (Å²) in [4.78, 5) is 0. The van der Waals surface area contributed by atoms with Crippen LogP contribution in [0.5, 0.6) is 0 Å². The number of hydrogen-bond acceptors (Lipinski definition) is 0. The molecule has 0 unspecified atom stereocenters. The van der Waals surface area contributed by atoms with E-state index in [0.29, 0.717) is 0 Å². The third kappa shape index (κ3) is 58.5. The zero-order chi connectivity index (χ0) is 6.83. The zero-order valence-electron chi connectivity index (χ0n) is 6.17. The Morgan fingerprint density at radius 2 is 1.78 bits per heavy atom. The fourth-order valence-corrected chi connectivity index (χ4v) is 0.0786. The Balaban J connectivity index is -0.0000000800. The molecule has 0 rings (SSSR count). The van der Waals surface area contributed by atoms with Crippen molar-refractivity contribution in [3.8, 4) is 0 Å². The molecule has 0 saturated heterocycles. The summed E-state index contributed by atoms with van der Waals surface area (Å²) in [7, 11) is 0. The van der Waals surface area contributed by atoms with Crippen molar-refractivity contribution in [3.63, 3.8) is 0 Å². The molecular weight excluding hydrogens is 185 g/mol. The summed E-state index contributed by atoms with van der Waals surface area (Å²) in [6.45, 7) is 12.3. The molecule has 0 aromatic heterocycles. The van der Waals surface area contributed by atoms with E-state index < -0.39 is 0 Å². The first-order valence-electron chi connectivity index (χ1n) is 2.56. The molecule has 1 heteroatoms. The first kappa shape index (κ1) is 16.2. The van der Waals surface area contributed by atoms with Crippen LogP contribution in [0, 0.1) is 19.9 Å². The minimum atomic E-state index is 0. The van der Waals surface area contributed by atoms with Crippen molar-refractivity contribution < 1.29 is 32.7 Å². The monoisotopic (exact) mass is 198 g/mol. The second-order valence-corrected chi connectivity index (χ2v) is 1.20. The molecule has 0 amide bonds. The van der Waals surface area contributed by atoms with Crippen LogP contribution in [-0.4, -0.2) is 0 Å². The van der Waals surface area contributed by atoms with Crippen molar-refractivity contribution in [2.24, 2.45) is 0 Å². The van der Waals surface area contributed by atoms with E-state index in [1.54, 1.807) is 12.2 Å². The Bertz CT molecular complexity index is 55.6. The predicted octanol–water partition coefficient (Wildman–Crippen LogP) is 2.59. The van der Waals surface area contributed by atoms with Crippen LogP contribution in [0.3, 0.4) is 0 Å². The SMILES string of the molecule is C[CH-]C.[CH-]=CC=C[CH2-].[Y+3]. The van der Waals surface area contributed by atoms with Crippen molar-refractivity contribution in [1.82, 2.24) is 0 Å². The molecule has 0 aromatic carbocycles. The maximum Gasteiger partial charge on any atom is 3.00 e. The fourth-order valence-electron chi connectivity index (χ4n) is 0.0786. The molecular formula is C8H13Y. The van der Waals surface area contributed by atoms with E-state index >= 15 is 0 Å². The van der Waals surface area contributed by atoms with E-state index in [9.17, 15) is 0 Å². The van der Waals surface area contributed by atoms with E-state index in [1.165, 1.54) is 6.08 Å². The number of rotatable bonds is 1. The second-order valence-electron chi connectivity index (χ2n) is 1.20. The van der Waals surface area contributed by atoms with Crippen LogP contribution in [0.4, 0.5) is 0 Å². The van der Waals surface area contributed by atoms with E-state index in [-0.39, 0.29) is 32.7 Å². The smallest absolute Gasteiger partial charge is 0.335 e. The normalized spacial score (nSPS) is 6.89. The summed E-state index contributed by atoms with van der Waals surface area (Å²) in [5, 5.41) is 0. The van der Waals surface area contributed by atoms with Gasteiger partial charge in [-0.25, -0.2) is 25.2 Å². The van der Waals surface area contributed by atoms with E-state index in [4.69, 9.17) is 6.58 Å². The van der Waals surface area contributed by atoms with Gasteiger partial charge in [0, 0.05) is 0 Å². The standard InChI is InChI=1S/C5H6.C3H7.Y/c1-3-5-4-2;1-3-2;/h1,3-5H,2H2;3H,1-2H3;/q-2;-1;+3. The minimum Gasteiger partial charge on any atom is -0.335 e. The fraction of sp³-hybridized carbons (Fsp3) is 0.250. The molecule has 48 valence electrons. The molecule has 0 saturated carbocycles. The average Bonchev–Trinajstić information content (AvgIpc) is 1.71. The zero-order valence-corrected chi connectivity index (χ0v) is 9.01. The summed E-state index contributed by atoms with van der Waals surface area (Å²) in [5.74, 6) is 0. The summed E-state index contributed by atoms with van der Waals surface area (Å²) in [6, 6.07) is 0. The molecule has 0 N–H and O–H groups in total. The summed E-state index contributed by atoms with van der Waals surface area (Å²) >= 11 is 0. The van der Waals surface area contributed by atoms with E-state index in [0.717, 1.165) is 0 Å². The van der Waals surface area contributed by atoms with Gasteiger partial charge in [0.2, 0.25) is 0 Å². The van der Waals surface area contributed by atoms with Gasteiger partial charge in [-0.2, -0.15) is 13.8 Å². The van der Waals surface area contributed by atoms with Crippen LogP contribution in [0.15, 0.2) is 18.2 Å². The van der Waals surface area contributed by atoms with Crippen molar-refractivity contribution in [2.45, 2.75) is 13.8 Å². The van der Waals surface area contributed by atoms with Gasteiger partial charge < -0.3 is 6.42 Å². The predicted molar refractivity (Wildman–Crippen MR) is 39.0 cm³/mol. The Morgan fingerprint density at radius 3 is 1.78 bits per heavy atom. The first-order chi connectivity index (χ1) is 3.83. The van der Waals surface area contributed by atoms with Crippen LogP contribution in [-0.2, 0) is 32.7 Å². The largest absolute Gasteiger partial charge is 3.00 e. The van der Waals surface area contributed by atoms with Crippen LogP contribution in [0.25, 0.3) is 0 Å². The average molecular weight is 198 g/mol. The van der Waals surface area contributed by atoms with Crippen molar-refractivity contribution >= 4 is 0 Å². The molecule has 0 spiro atoms. The van der Waals surface area contributed by atoms with Gasteiger partial charge >= 0.3 is 32.7 Å². The van der Waals surface area contributed by atoms with Gasteiger partial charge in [-0.05, 0) is 0 Å². The Hall–Kier alpha value is 0.454. The molecule has 9 heavy (non-hydrogen) atoms. The Kier molecular flexibility index (Phi) is 42.7. The van der Waals surface area contributed by atoms with Gasteiger partial charge in [-0.1, -0.05) is 0 Å². The maximum absolute atomic E-state index is 4.89. The van der Waals surface area contributed by atoms with Gasteiger partial charge in [0.05, 0.1) is 0 Å².